The molecule has 5 unspecified atom stereocenters. The van der Waals surface area contributed by atoms with Crippen molar-refractivity contribution in [2.45, 2.75) is 58.4 Å². The normalized spacial score (nSPS) is 42.9. The first kappa shape index (κ1) is 13.4. The van der Waals surface area contributed by atoms with Crippen molar-refractivity contribution in [2.24, 2.45) is 23.7 Å². The Morgan fingerprint density at radius 2 is 1.82 bits per heavy atom. The van der Waals surface area contributed by atoms with Gasteiger partial charge < -0.3 is 10.4 Å². The van der Waals surface area contributed by atoms with Gasteiger partial charge in [-0.25, -0.2) is 0 Å². The van der Waals surface area contributed by atoms with Crippen LogP contribution in [0.5, 0.6) is 0 Å². The van der Waals surface area contributed by atoms with Gasteiger partial charge in [0.1, 0.15) is 0 Å². The van der Waals surface area contributed by atoms with Crippen LogP contribution in [-0.2, 0) is 0 Å². The molecule has 100 valence electrons. The highest BCUT2D eigenvalue weighted by Crippen LogP contribution is 2.32. The fourth-order valence-electron chi connectivity index (χ4n) is 3.74. The van der Waals surface area contributed by atoms with Gasteiger partial charge in [0.15, 0.2) is 0 Å². The van der Waals surface area contributed by atoms with Crippen LogP contribution in [0.3, 0.4) is 0 Å². The number of rotatable bonds is 4. The summed E-state index contributed by atoms with van der Waals surface area (Å²) in [6.45, 7) is 6.30. The number of aliphatic hydroxyl groups is 1. The Kier molecular flexibility index (Phi) is 4.87. The van der Waals surface area contributed by atoms with Crippen molar-refractivity contribution in [3.63, 3.8) is 0 Å². The zero-order valence-electron chi connectivity index (χ0n) is 11.5. The molecular weight excluding hydrogens is 210 g/mol. The van der Waals surface area contributed by atoms with Crippen LogP contribution in [0.15, 0.2) is 0 Å². The van der Waals surface area contributed by atoms with Crippen LogP contribution in [0, 0.1) is 23.7 Å². The molecule has 0 saturated heterocycles. The Labute approximate surface area is 106 Å². The molecule has 0 aliphatic heterocycles. The van der Waals surface area contributed by atoms with Gasteiger partial charge in [-0.3, -0.25) is 0 Å². The van der Waals surface area contributed by atoms with Gasteiger partial charge in [0, 0.05) is 12.6 Å². The minimum absolute atomic E-state index is 0.392. The summed E-state index contributed by atoms with van der Waals surface area (Å²) in [5.74, 6) is 3.02. The smallest absolute Gasteiger partial charge is 0.0462 e. The summed E-state index contributed by atoms with van der Waals surface area (Å²) in [4.78, 5) is 0. The quantitative estimate of drug-likeness (QED) is 0.790. The fourth-order valence-corrected chi connectivity index (χ4v) is 3.74. The Bertz CT molecular complexity index is 231. The summed E-state index contributed by atoms with van der Waals surface area (Å²) in [5.41, 5.74) is 0. The second kappa shape index (κ2) is 6.19. The molecule has 0 radical (unpaired) electrons. The van der Waals surface area contributed by atoms with Gasteiger partial charge in [-0.05, 0) is 55.9 Å². The minimum atomic E-state index is 0.392. The van der Waals surface area contributed by atoms with Crippen molar-refractivity contribution >= 4 is 0 Å². The average Bonchev–Trinajstić information content (AvgIpc) is 2.77. The number of nitrogens with one attached hydrogen (secondary N) is 1. The van der Waals surface area contributed by atoms with Gasteiger partial charge in [-0.15, -0.1) is 0 Å². The van der Waals surface area contributed by atoms with Crippen LogP contribution in [-0.4, -0.2) is 24.3 Å². The molecule has 2 rings (SSSR count). The molecule has 2 N–H and O–H groups in total. The molecular formula is C15H29NO. The number of hydrogen-bond donors (Lipinski definition) is 2. The van der Waals surface area contributed by atoms with Crippen molar-refractivity contribution in [3.8, 4) is 0 Å². The van der Waals surface area contributed by atoms with Crippen molar-refractivity contribution in [2.75, 3.05) is 13.2 Å². The van der Waals surface area contributed by atoms with Gasteiger partial charge in [0.2, 0.25) is 0 Å². The van der Waals surface area contributed by atoms with Crippen LogP contribution in [0.4, 0.5) is 0 Å². The van der Waals surface area contributed by atoms with Crippen molar-refractivity contribution in [1.29, 1.82) is 0 Å². The summed E-state index contributed by atoms with van der Waals surface area (Å²) in [6.07, 6.45) is 8.00. The van der Waals surface area contributed by atoms with E-state index in [2.05, 4.69) is 19.2 Å². The number of hydrogen-bond acceptors (Lipinski definition) is 2. The van der Waals surface area contributed by atoms with Gasteiger partial charge >= 0.3 is 0 Å². The Morgan fingerprint density at radius 1 is 1.06 bits per heavy atom. The van der Waals surface area contributed by atoms with E-state index in [4.69, 9.17) is 0 Å². The molecule has 0 spiro atoms. The van der Waals surface area contributed by atoms with E-state index < -0.39 is 0 Å². The highest BCUT2D eigenvalue weighted by molar-refractivity contribution is 4.84. The lowest BCUT2D eigenvalue weighted by atomic mass is 9.80. The first-order valence-corrected chi connectivity index (χ1v) is 7.55. The molecule has 0 aromatic rings. The number of aliphatic hydroxyl groups excluding tert-OH is 1. The topological polar surface area (TPSA) is 32.3 Å². The standard InChI is InChI=1S/C15H29NO/c1-11-6-7-12(2)15(8-11)16-9-13-4-3-5-14(13)10-17/h11-17H,3-10H2,1-2H3. The molecule has 2 aliphatic carbocycles. The van der Waals surface area contributed by atoms with Gasteiger partial charge in [-0.2, -0.15) is 0 Å². The van der Waals surface area contributed by atoms with E-state index in [1.54, 1.807) is 0 Å². The van der Waals surface area contributed by atoms with Crippen LogP contribution in [0.1, 0.15) is 52.4 Å². The Balaban J connectivity index is 1.76. The van der Waals surface area contributed by atoms with Crippen LogP contribution in [0.2, 0.25) is 0 Å². The van der Waals surface area contributed by atoms with Crippen molar-refractivity contribution in [1.82, 2.24) is 5.32 Å². The monoisotopic (exact) mass is 239 g/mol. The molecule has 0 amide bonds. The molecule has 0 aromatic carbocycles. The third-order valence-electron chi connectivity index (χ3n) is 5.15. The molecule has 0 aromatic heterocycles. The molecule has 2 nitrogen and oxygen atoms in total. The van der Waals surface area contributed by atoms with E-state index in [0.29, 0.717) is 12.5 Å². The Morgan fingerprint density at radius 3 is 2.59 bits per heavy atom. The fraction of sp³-hybridized carbons (Fsp3) is 1.00. The summed E-state index contributed by atoms with van der Waals surface area (Å²) < 4.78 is 0. The van der Waals surface area contributed by atoms with Gasteiger partial charge in [0.25, 0.3) is 0 Å². The van der Waals surface area contributed by atoms with Crippen LogP contribution in [0.25, 0.3) is 0 Å². The second-order valence-electron chi connectivity index (χ2n) is 6.54. The summed E-state index contributed by atoms with van der Waals surface area (Å²) in [5, 5.41) is 13.1. The van der Waals surface area contributed by atoms with Crippen molar-refractivity contribution in [3.05, 3.63) is 0 Å². The highest BCUT2D eigenvalue weighted by Gasteiger charge is 2.29. The van der Waals surface area contributed by atoms with E-state index in [0.717, 1.165) is 30.3 Å². The lowest BCUT2D eigenvalue weighted by molar-refractivity contribution is 0.175. The third-order valence-corrected chi connectivity index (χ3v) is 5.15. The largest absolute Gasteiger partial charge is 0.396 e. The summed E-state index contributed by atoms with van der Waals surface area (Å²) >= 11 is 0. The van der Waals surface area contributed by atoms with E-state index >= 15 is 0 Å². The third kappa shape index (κ3) is 3.45. The maximum Gasteiger partial charge on any atom is 0.0462 e. The maximum atomic E-state index is 9.34. The molecule has 0 heterocycles. The average molecular weight is 239 g/mol. The van der Waals surface area contributed by atoms with E-state index in [9.17, 15) is 5.11 Å². The highest BCUT2D eigenvalue weighted by atomic mass is 16.3. The molecule has 0 bridgehead atoms. The lowest BCUT2D eigenvalue weighted by Gasteiger charge is -2.34. The SMILES string of the molecule is CC1CCC(C)C(NCC2CCCC2CO)C1. The molecule has 2 saturated carbocycles. The predicted molar refractivity (Wildman–Crippen MR) is 71.9 cm³/mol. The zero-order chi connectivity index (χ0) is 12.3. The first-order chi connectivity index (χ1) is 8.20. The van der Waals surface area contributed by atoms with Crippen molar-refractivity contribution < 1.29 is 5.11 Å². The van der Waals surface area contributed by atoms with E-state index in [1.807, 2.05) is 0 Å². The molecule has 2 fully saturated rings. The summed E-state index contributed by atoms with van der Waals surface area (Å²) in [6, 6.07) is 0.721. The van der Waals surface area contributed by atoms with Gasteiger partial charge in [0.05, 0.1) is 0 Å². The molecule has 2 heteroatoms. The lowest BCUT2D eigenvalue weighted by Crippen LogP contribution is -2.42. The first-order valence-electron chi connectivity index (χ1n) is 7.55. The van der Waals surface area contributed by atoms with Crippen LogP contribution >= 0.6 is 0 Å². The van der Waals surface area contributed by atoms with E-state index in [-0.39, 0.29) is 0 Å². The Hall–Kier alpha value is -0.0800. The van der Waals surface area contributed by atoms with E-state index in [1.165, 1.54) is 38.5 Å². The van der Waals surface area contributed by atoms with Crippen LogP contribution < -0.4 is 5.32 Å². The minimum Gasteiger partial charge on any atom is -0.396 e. The molecule has 17 heavy (non-hydrogen) atoms. The zero-order valence-corrected chi connectivity index (χ0v) is 11.5. The second-order valence-corrected chi connectivity index (χ2v) is 6.54. The predicted octanol–water partition coefficient (Wildman–Crippen LogP) is 2.81. The molecule has 2 aliphatic rings. The van der Waals surface area contributed by atoms with Gasteiger partial charge in [-0.1, -0.05) is 26.7 Å². The summed E-state index contributed by atoms with van der Waals surface area (Å²) in [7, 11) is 0. The maximum absolute atomic E-state index is 9.34. The molecule has 5 atom stereocenters.